The molecule has 3 rings (SSSR count). The molecule has 0 radical (unpaired) electrons. The summed E-state index contributed by atoms with van der Waals surface area (Å²) in [4.78, 5) is 24.3. The van der Waals surface area contributed by atoms with E-state index < -0.39 is 21.5 Å². The van der Waals surface area contributed by atoms with Crippen LogP contribution in [0.1, 0.15) is 0 Å². The molecule has 144 valence electrons. The van der Waals surface area contributed by atoms with E-state index in [0.29, 0.717) is 23.9 Å². The fraction of sp³-hybridized carbons (Fsp3) is 0.294. The van der Waals surface area contributed by atoms with Crippen LogP contribution in [0.15, 0.2) is 52.3 Å². The first-order chi connectivity index (χ1) is 12.9. The Morgan fingerprint density at radius 1 is 1.15 bits per heavy atom. The second-order valence-corrected chi connectivity index (χ2v) is 8.22. The van der Waals surface area contributed by atoms with Gasteiger partial charge in [0, 0.05) is 25.4 Å². The summed E-state index contributed by atoms with van der Waals surface area (Å²) in [6.07, 6.45) is 1.18. The lowest BCUT2D eigenvalue weighted by molar-refractivity contribution is -0.116. The molecule has 1 N–H and O–H groups in total. The number of hydrogen-bond donors (Lipinski definition) is 1. The molecule has 2 heterocycles. The Balaban J connectivity index is 1.80. The first-order valence-electron chi connectivity index (χ1n) is 8.21. The number of carbonyl (C=O) groups excluding carboxylic acids is 1. The Hall–Kier alpha value is -2.20. The van der Waals surface area contributed by atoms with Gasteiger partial charge in [0.15, 0.2) is 0 Å². The van der Waals surface area contributed by atoms with Gasteiger partial charge in [0.2, 0.25) is 15.9 Å². The van der Waals surface area contributed by atoms with Gasteiger partial charge in [0.05, 0.1) is 28.8 Å². The summed E-state index contributed by atoms with van der Waals surface area (Å²) in [7, 11) is -3.76. The summed E-state index contributed by atoms with van der Waals surface area (Å²) in [5.74, 6) is -0.494. The number of benzene rings is 1. The molecule has 8 nitrogen and oxygen atoms in total. The molecular weight excluding hydrogens is 394 g/mol. The van der Waals surface area contributed by atoms with E-state index in [1.165, 1.54) is 16.6 Å². The molecule has 2 aromatic rings. The number of carbonyl (C=O) groups is 1. The molecule has 1 saturated heterocycles. The summed E-state index contributed by atoms with van der Waals surface area (Å²) < 4.78 is 32.9. The van der Waals surface area contributed by atoms with Crippen LogP contribution in [-0.4, -0.2) is 49.5 Å². The Morgan fingerprint density at radius 3 is 2.56 bits per heavy atom. The smallest absolute Gasteiger partial charge is 0.251 e. The third-order valence-corrected chi connectivity index (χ3v) is 6.24. The van der Waals surface area contributed by atoms with Crippen LogP contribution in [0.2, 0.25) is 5.02 Å². The molecule has 1 aromatic heterocycles. The zero-order valence-corrected chi connectivity index (χ0v) is 15.9. The molecule has 0 atom stereocenters. The SMILES string of the molecule is O=C(Cn1cc(S(=O)(=O)N2CCOCC2)ccc1=O)Nc1ccccc1Cl. The van der Waals surface area contributed by atoms with Crippen molar-refractivity contribution in [3.63, 3.8) is 0 Å². The number of sulfonamides is 1. The van der Waals surface area contributed by atoms with Gasteiger partial charge in [-0.1, -0.05) is 23.7 Å². The van der Waals surface area contributed by atoms with Crippen molar-refractivity contribution in [1.82, 2.24) is 8.87 Å². The van der Waals surface area contributed by atoms with Crippen LogP contribution in [0.5, 0.6) is 0 Å². The van der Waals surface area contributed by atoms with Crippen molar-refractivity contribution in [3.8, 4) is 0 Å². The minimum atomic E-state index is -3.76. The van der Waals surface area contributed by atoms with Crippen LogP contribution in [0, 0.1) is 0 Å². The number of para-hydroxylation sites is 1. The van der Waals surface area contributed by atoms with Crippen LogP contribution in [0.3, 0.4) is 0 Å². The molecule has 1 aromatic carbocycles. The first-order valence-corrected chi connectivity index (χ1v) is 10.0. The molecule has 27 heavy (non-hydrogen) atoms. The molecule has 0 unspecified atom stereocenters. The van der Waals surface area contributed by atoms with E-state index in [4.69, 9.17) is 16.3 Å². The maximum atomic E-state index is 12.7. The highest BCUT2D eigenvalue weighted by atomic mass is 35.5. The lowest BCUT2D eigenvalue weighted by atomic mass is 10.3. The van der Waals surface area contributed by atoms with E-state index in [1.807, 2.05) is 0 Å². The molecule has 0 spiro atoms. The van der Waals surface area contributed by atoms with Gasteiger partial charge in [-0.15, -0.1) is 0 Å². The Labute approximate surface area is 161 Å². The van der Waals surface area contributed by atoms with Gasteiger partial charge in [-0.05, 0) is 18.2 Å². The van der Waals surface area contributed by atoms with Crippen molar-refractivity contribution >= 4 is 33.2 Å². The van der Waals surface area contributed by atoms with Crippen molar-refractivity contribution in [3.05, 3.63) is 58.0 Å². The zero-order valence-electron chi connectivity index (χ0n) is 14.3. The van der Waals surface area contributed by atoms with Gasteiger partial charge in [0.25, 0.3) is 5.56 Å². The summed E-state index contributed by atoms with van der Waals surface area (Å²) in [5, 5.41) is 2.96. The molecule has 1 aliphatic heterocycles. The maximum Gasteiger partial charge on any atom is 0.251 e. The lowest BCUT2D eigenvalue weighted by Gasteiger charge is -2.26. The van der Waals surface area contributed by atoms with E-state index in [9.17, 15) is 18.0 Å². The van der Waals surface area contributed by atoms with Gasteiger partial charge >= 0.3 is 0 Å². The Kier molecular flexibility index (Phi) is 5.95. The number of rotatable bonds is 5. The molecule has 10 heteroatoms. The van der Waals surface area contributed by atoms with Crippen LogP contribution < -0.4 is 10.9 Å². The quantitative estimate of drug-likeness (QED) is 0.796. The van der Waals surface area contributed by atoms with E-state index in [1.54, 1.807) is 24.3 Å². The average Bonchev–Trinajstić information content (AvgIpc) is 2.66. The molecule has 1 aliphatic rings. The highest BCUT2D eigenvalue weighted by molar-refractivity contribution is 7.89. The van der Waals surface area contributed by atoms with Crippen molar-refractivity contribution in [2.75, 3.05) is 31.6 Å². The second-order valence-electron chi connectivity index (χ2n) is 5.88. The topological polar surface area (TPSA) is 97.7 Å². The summed E-state index contributed by atoms with van der Waals surface area (Å²) in [6, 6.07) is 9.07. The number of hydrogen-bond acceptors (Lipinski definition) is 5. The number of nitrogens with one attached hydrogen (secondary N) is 1. The number of pyridine rings is 1. The predicted octanol–water partition coefficient (Wildman–Crippen LogP) is 1.16. The highest BCUT2D eigenvalue weighted by Crippen LogP contribution is 2.20. The maximum absolute atomic E-state index is 12.7. The standard InChI is InChI=1S/C17H18ClN3O5S/c18-14-3-1-2-4-15(14)19-16(22)12-20-11-13(5-6-17(20)23)27(24,25)21-7-9-26-10-8-21/h1-6,11H,7-10,12H2,(H,19,22). The van der Waals surface area contributed by atoms with Crippen molar-refractivity contribution in [1.29, 1.82) is 0 Å². The third-order valence-electron chi connectivity index (χ3n) is 4.03. The molecule has 0 saturated carbocycles. The summed E-state index contributed by atoms with van der Waals surface area (Å²) in [5.41, 5.74) is -0.0699. The van der Waals surface area contributed by atoms with Crippen molar-refractivity contribution in [2.45, 2.75) is 11.4 Å². The van der Waals surface area contributed by atoms with E-state index in [-0.39, 0.29) is 24.5 Å². The first kappa shape index (κ1) is 19.6. The summed E-state index contributed by atoms with van der Waals surface area (Å²) >= 11 is 6.00. The number of aromatic nitrogens is 1. The largest absolute Gasteiger partial charge is 0.379 e. The number of morpholine rings is 1. The lowest BCUT2D eigenvalue weighted by Crippen LogP contribution is -2.41. The van der Waals surface area contributed by atoms with E-state index in [2.05, 4.69) is 5.32 Å². The number of ether oxygens (including phenoxy) is 1. The molecule has 1 amide bonds. The monoisotopic (exact) mass is 411 g/mol. The Bertz CT molecular complexity index is 1000. The second kappa shape index (κ2) is 8.22. The number of anilines is 1. The van der Waals surface area contributed by atoms with Crippen molar-refractivity contribution < 1.29 is 17.9 Å². The minimum absolute atomic E-state index is 0.0467. The van der Waals surface area contributed by atoms with Crippen molar-refractivity contribution in [2.24, 2.45) is 0 Å². The molecule has 1 fully saturated rings. The fourth-order valence-electron chi connectivity index (χ4n) is 2.63. The van der Waals surface area contributed by atoms with Gasteiger partial charge in [0.1, 0.15) is 6.54 Å². The van der Waals surface area contributed by atoms with E-state index in [0.717, 1.165) is 10.6 Å². The van der Waals surface area contributed by atoms with Gasteiger partial charge < -0.3 is 14.6 Å². The van der Waals surface area contributed by atoms with Gasteiger partial charge in [-0.3, -0.25) is 9.59 Å². The normalized spacial score (nSPS) is 15.4. The van der Waals surface area contributed by atoms with Crippen LogP contribution in [-0.2, 0) is 26.1 Å². The van der Waals surface area contributed by atoms with Gasteiger partial charge in [-0.2, -0.15) is 4.31 Å². The predicted molar refractivity (Wildman–Crippen MR) is 100 cm³/mol. The number of amides is 1. The highest BCUT2D eigenvalue weighted by Gasteiger charge is 2.27. The Morgan fingerprint density at radius 2 is 1.85 bits per heavy atom. The van der Waals surface area contributed by atoms with Crippen LogP contribution in [0.25, 0.3) is 0 Å². The third kappa shape index (κ3) is 4.56. The number of nitrogens with zero attached hydrogens (tertiary/aromatic N) is 2. The summed E-state index contributed by atoms with van der Waals surface area (Å²) in [6.45, 7) is 0.789. The molecular formula is C17H18ClN3O5S. The molecule has 0 aliphatic carbocycles. The fourth-order valence-corrected chi connectivity index (χ4v) is 4.24. The molecule has 0 bridgehead atoms. The van der Waals surface area contributed by atoms with Gasteiger partial charge in [-0.25, -0.2) is 8.42 Å². The van der Waals surface area contributed by atoms with Crippen LogP contribution in [0.4, 0.5) is 5.69 Å². The zero-order chi connectivity index (χ0) is 19.4. The minimum Gasteiger partial charge on any atom is -0.379 e. The average molecular weight is 412 g/mol. The van der Waals surface area contributed by atoms with E-state index >= 15 is 0 Å². The van der Waals surface area contributed by atoms with Crippen LogP contribution >= 0.6 is 11.6 Å². The number of halogens is 1.